The number of ether oxygens (including phenoxy) is 2. The fraction of sp³-hybridized carbons (Fsp3) is 0.462. The summed E-state index contributed by atoms with van der Waals surface area (Å²) in [6.07, 6.45) is 1.93. The molecule has 1 aromatic rings. The number of benzene rings is 1. The Morgan fingerprint density at radius 2 is 2.19 bits per heavy atom. The molecule has 1 unspecified atom stereocenters. The number of hydrogen-bond donors (Lipinski definition) is 0. The van der Waals surface area contributed by atoms with Gasteiger partial charge in [0, 0.05) is 12.2 Å². The number of carbonyl (C=O) groups is 1. The van der Waals surface area contributed by atoms with Crippen LogP contribution in [0.4, 0.5) is 0 Å². The molecular weight excluding hydrogens is 204 g/mol. The number of cyclic esters (lactones) is 1. The van der Waals surface area contributed by atoms with Gasteiger partial charge in [-0.25, -0.2) is 4.79 Å². The van der Waals surface area contributed by atoms with Crippen molar-refractivity contribution in [1.82, 2.24) is 0 Å². The number of esters is 1. The van der Waals surface area contributed by atoms with Crippen molar-refractivity contribution >= 4 is 5.97 Å². The maximum absolute atomic E-state index is 11.5. The highest BCUT2D eigenvalue weighted by Gasteiger charge is 2.30. The van der Waals surface area contributed by atoms with Crippen molar-refractivity contribution in [3.63, 3.8) is 0 Å². The fourth-order valence-electron chi connectivity index (χ4n) is 1.78. The highest BCUT2D eigenvalue weighted by Crippen LogP contribution is 2.30. The molecule has 2 rings (SSSR count). The Morgan fingerprint density at radius 3 is 3.00 bits per heavy atom. The van der Waals surface area contributed by atoms with Gasteiger partial charge in [-0.3, -0.25) is 0 Å². The van der Waals surface area contributed by atoms with Crippen LogP contribution in [0.5, 0.6) is 0 Å². The van der Waals surface area contributed by atoms with Crippen LogP contribution < -0.4 is 0 Å². The summed E-state index contributed by atoms with van der Waals surface area (Å²) in [5, 5.41) is 0. The molecule has 0 radical (unpaired) electrons. The van der Waals surface area contributed by atoms with E-state index in [2.05, 4.69) is 6.92 Å². The molecule has 1 heterocycles. The molecule has 0 saturated heterocycles. The summed E-state index contributed by atoms with van der Waals surface area (Å²) in [5.74, 6) is -0.236. The van der Waals surface area contributed by atoms with Gasteiger partial charge in [-0.1, -0.05) is 31.5 Å². The topological polar surface area (TPSA) is 35.5 Å². The minimum atomic E-state index is -0.236. The van der Waals surface area contributed by atoms with Crippen molar-refractivity contribution in [2.45, 2.75) is 25.9 Å². The third-order valence-electron chi connectivity index (χ3n) is 2.69. The molecule has 0 fully saturated rings. The third-order valence-corrected chi connectivity index (χ3v) is 2.69. The van der Waals surface area contributed by atoms with Crippen LogP contribution in [0.2, 0.25) is 0 Å². The van der Waals surface area contributed by atoms with Gasteiger partial charge in [0.2, 0.25) is 0 Å². The van der Waals surface area contributed by atoms with Crippen LogP contribution in [-0.2, 0) is 9.47 Å². The summed E-state index contributed by atoms with van der Waals surface area (Å²) in [7, 11) is 0. The Kier molecular flexibility index (Phi) is 3.57. The quantitative estimate of drug-likeness (QED) is 0.565. The minimum Gasteiger partial charge on any atom is -0.451 e. The predicted molar refractivity (Wildman–Crippen MR) is 60.3 cm³/mol. The maximum atomic E-state index is 11.5. The number of hydrogen-bond acceptors (Lipinski definition) is 3. The van der Waals surface area contributed by atoms with E-state index in [0.29, 0.717) is 12.2 Å². The standard InChI is InChI=1S/C13H16O3/c1-2-3-8-15-9-12-10-6-4-5-7-11(10)13(14)16-12/h4-7,12H,2-3,8-9H2,1H3. The van der Waals surface area contributed by atoms with E-state index in [-0.39, 0.29) is 12.1 Å². The molecule has 16 heavy (non-hydrogen) atoms. The predicted octanol–water partition coefficient (Wildman–Crippen LogP) is 2.71. The van der Waals surface area contributed by atoms with E-state index in [1.54, 1.807) is 6.07 Å². The van der Waals surface area contributed by atoms with Crippen molar-refractivity contribution in [3.05, 3.63) is 35.4 Å². The zero-order chi connectivity index (χ0) is 11.4. The van der Waals surface area contributed by atoms with Crippen molar-refractivity contribution in [2.24, 2.45) is 0 Å². The summed E-state index contributed by atoms with van der Waals surface area (Å²) in [5.41, 5.74) is 1.62. The van der Waals surface area contributed by atoms with Gasteiger partial charge in [0.05, 0.1) is 12.2 Å². The molecule has 1 aliphatic rings. The molecule has 3 nitrogen and oxygen atoms in total. The van der Waals surface area contributed by atoms with E-state index in [9.17, 15) is 4.79 Å². The van der Waals surface area contributed by atoms with Crippen LogP contribution in [-0.4, -0.2) is 19.2 Å². The lowest BCUT2D eigenvalue weighted by Crippen LogP contribution is -2.08. The van der Waals surface area contributed by atoms with E-state index in [1.165, 1.54) is 0 Å². The first-order valence-corrected chi connectivity index (χ1v) is 5.70. The SMILES string of the molecule is CCCCOCC1OC(=O)c2ccccc21. The van der Waals surface area contributed by atoms with Crippen molar-refractivity contribution in [3.8, 4) is 0 Å². The second kappa shape index (κ2) is 5.12. The fourth-order valence-corrected chi connectivity index (χ4v) is 1.78. The van der Waals surface area contributed by atoms with E-state index in [0.717, 1.165) is 25.0 Å². The molecule has 0 amide bonds. The van der Waals surface area contributed by atoms with Crippen molar-refractivity contribution in [2.75, 3.05) is 13.2 Å². The summed E-state index contributed by atoms with van der Waals surface area (Å²) in [4.78, 5) is 11.5. The molecule has 0 bridgehead atoms. The zero-order valence-corrected chi connectivity index (χ0v) is 9.44. The average molecular weight is 220 g/mol. The Labute approximate surface area is 95.4 Å². The molecular formula is C13H16O3. The van der Waals surface area contributed by atoms with Gasteiger partial charge in [0.25, 0.3) is 0 Å². The van der Waals surface area contributed by atoms with Gasteiger partial charge in [0.1, 0.15) is 0 Å². The third kappa shape index (κ3) is 2.25. The lowest BCUT2D eigenvalue weighted by molar-refractivity contribution is 0.00391. The van der Waals surface area contributed by atoms with Crippen LogP contribution in [0.3, 0.4) is 0 Å². The average Bonchev–Trinajstić information content (AvgIpc) is 2.63. The van der Waals surface area contributed by atoms with Crippen LogP contribution >= 0.6 is 0 Å². The molecule has 0 spiro atoms. The van der Waals surface area contributed by atoms with Gasteiger partial charge >= 0.3 is 5.97 Å². The Bertz CT molecular complexity index is 373. The van der Waals surface area contributed by atoms with Gasteiger partial charge in [-0.15, -0.1) is 0 Å². The van der Waals surface area contributed by atoms with Crippen LogP contribution in [0.1, 0.15) is 41.8 Å². The highest BCUT2D eigenvalue weighted by molar-refractivity contribution is 5.93. The maximum Gasteiger partial charge on any atom is 0.339 e. The van der Waals surface area contributed by atoms with Crippen LogP contribution in [0.25, 0.3) is 0 Å². The molecule has 1 atom stereocenters. The summed E-state index contributed by atoms with van der Waals surface area (Å²) >= 11 is 0. The molecule has 3 heteroatoms. The van der Waals surface area contributed by atoms with Gasteiger partial charge in [-0.2, -0.15) is 0 Å². The number of unbranched alkanes of at least 4 members (excludes halogenated alkanes) is 1. The van der Waals surface area contributed by atoms with Gasteiger partial charge < -0.3 is 9.47 Å². The molecule has 1 aliphatic heterocycles. The second-order valence-corrected chi connectivity index (χ2v) is 3.91. The van der Waals surface area contributed by atoms with E-state index in [1.807, 2.05) is 18.2 Å². The number of fused-ring (bicyclic) bond motifs is 1. The molecule has 0 aliphatic carbocycles. The minimum absolute atomic E-state index is 0.222. The largest absolute Gasteiger partial charge is 0.451 e. The second-order valence-electron chi connectivity index (χ2n) is 3.91. The Hall–Kier alpha value is -1.35. The Morgan fingerprint density at radius 1 is 1.38 bits per heavy atom. The van der Waals surface area contributed by atoms with Crippen molar-refractivity contribution < 1.29 is 14.3 Å². The van der Waals surface area contributed by atoms with Gasteiger partial charge in [-0.05, 0) is 12.5 Å². The van der Waals surface area contributed by atoms with Crippen LogP contribution in [0.15, 0.2) is 24.3 Å². The normalized spacial score (nSPS) is 18.3. The molecule has 0 aromatic heterocycles. The first-order valence-electron chi connectivity index (χ1n) is 5.70. The molecule has 86 valence electrons. The summed E-state index contributed by atoms with van der Waals surface area (Å²) in [6, 6.07) is 7.48. The van der Waals surface area contributed by atoms with Gasteiger partial charge in [0.15, 0.2) is 6.10 Å². The smallest absolute Gasteiger partial charge is 0.339 e. The first-order chi connectivity index (χ1) is 7.83. The van der Waals surface area contributed by atoms with E-state index in [4.69, 9.17) is 9.47 Å². The van der Waals surface area contributed by atoms with Crippen molar-refractivity contribution in [1.29, 1.82) is 0 Å². The highest BCUT2D eigenvalue weighted by atomic mass is 16.6. The zero-order valence-electron chi connectivity index (χ0n) is 9.44. The number of rotatable bonds is 5. The van der Waals surface area contributed by atoms with Crippen LogP contribution in [0, 0.1) is 0 Å². The molecule has 0 N–H and O–H groups in total. The molecule has 1 aromatic carbocycles. The Balaban J connectivity index is 1.96. The van der Waals surface area contributed by atoms with E-state index < -0.39 is 0 Å². The summed E-state index contributed by atoms with van der Waals surface area (Å²) < 4.78 is 10.7. The monoisotopic (exact) mass is 220 g/mol. The summed E-state index contributed by atoms with van der Waals surface area (Å²) in [6.45, 7) is 3.31. The number of carbonyl (C=O) groups excluding carboxylic acids is 1. The first kappa shape index (κ1) is 11.1. The molecule has 0 saturated carbocycles. The lowest BCUT2D eigenvalue weighted by Gasteiger charge is -2.10. The lowest BCUT2D eigenvalue weighted by atomic mass is 10.1. The van der Waals surface area contributed by atoms with E-state index >= 15 is 0 Å².